The number of hydrogen-bond donors (Lipinski definition) is 2. The molecular formula is C12H17N3O2. The van der Waals surface area contributed by atoms with E-state index in [1.165, 1.54) is 10.1 Å². The van der Waals surface area contributed by atoms with Crippen LogP contribution in [0.15, 0.2) is 27.4 Å². The SMILES string of the molecule is Cn1c(=O)oc2ccc(CCNCCN)cc21. The number of aromatic nitrogens is 1. The molecule has 2 aromatic rings. The van der Waals surface area contributed by atoms with Crippen molar-refractivity contribution in [1.29, 1.82) is 0 Å². The van der Waals surface area contributed by atoms with Gasteiger partial charge in [-0.1, -0.05) is 6.07 Å². The standard InChI is InChI=1S/C12H17N3O2/c1-15-10-8-9(4-6-14-7-5-13)2-3-11(10)17-12(15)16/h2-3,8,14H,4-7,13H2,1H3. The lowest BCUT2D eigenvalue weighted by Crippen LogP contribution is -2.24. The van der Waals surface area contributed by atoms with E-state index < -0.39 is 0 Å². The summed E-state index contributed by atoms with van der Waals surface area (Å²) in [7, 11) is 1.71. The highest BCUT2D eigenvalue weighted by atomic mass is 16.4. The van der Waals surface area contributed by atoms with Gasteiger partial charge < -0.3 is 15.5 Å². The molecule has 5 heteroatoms. The van der Waals surface area contributed by atoms with E-state index in [0.29, 0.717) is 12.1 Å². The van der Waals surface area contributed by atoms with Gasteiger partial charge in [-0.3, -0.25) is 4.57 Å². The molecule has 0 aliphatic heterocycles. The first kappa shape index (κ1) is 11.9. The van der Waals surface area contributed by atoms with Crippen molar-refractivity contribution in [3.63, 3.8) is 0 Å². The molecule has 92 valence electrons. The fourth-order valence-electron chi connectivity index (χ4n) is 1.79. The van der Waals surface area contributed by atoms with Crippen molar-refractivity contribution in [3.8, 4) is 0 Å². The van der Waals surface area contributed by atoms with Crippen LogP contribution in [0.1, 0.15) is 5.56 Å². The summed E-state index contributed by atoms with van der Waals surface area (Å²) < 4.78 is 6.59. The second-order valence-electron chi connectivity index (χ2n) is 4.02. The zero-order valence-corrected chi connectivity index (χ0v) is 9.90. The van der Waals surface area contributed by atoms with Crippen LogP contribution in [-0.2, 0) is 13.5 Å². The molecule has 0 amide bonds. The summed E-state index contributed by atoms with van der Waals surface area (Å²) in [5.74, 6) is -0.321. The topological polar surface area (TPSA) is 73.2 Å². The summed E-state index contributed by atoms with van der Waals surface area (Å²) >= 11 is 0. The van der Waals surface area contributed by atoms with Gasteiger partial charge in [0, 0.05) is 20.1 Å². The first-order valence-corrected chi connectivity index (χ1v) is 5.71. The number of rotatable bonds is 5. The van der Waals surface area contributed by atoms with E-state index in [2.05, 4.69) is 5.32 Å². The van der Waals surface area contributed by atoms with Crippen molar-refractivity contribution in [3.05, 3.63) is 34.3 Å². The zero-order valence-electron chi connectivity index (χ0n) is 9.90. The first-order valence-electron chi connectivity index (χ1n) is 5.71. The summed E-state index contributed by atoms with van der Waals surface area (Å²) in [6, 6.07) is 5.81. The van der Waals surface area contributed by atoms with Crippen LogP contribution in [0.4, 0.5) is 0 Å². The van der Waals surface area contributed by atoms with Gasteiger partial charge in [-0.05, 0) is 30.7 Å². The van der Waals surface area contributed by atoms with Crippen LogP contribution in [0.2, 0.25) is 0 Å². The van der Waals surface area contributed by atoms with Gasteiger partial charge >= 0.3 is 5.76 Å². The Balaban J connectivity index is 2.14. The van der Waals surface area contributed by atoms with Crippen LogP contribution < -0.4 is 16.8 Å². The third-order valence-corrected chi connectivity index (χ3v) is 2.77. The van der Waals surface area contributed by atoms with Crippen molar-refractivity contribution >= 4 is 11.1 Å². The van der Waals surface area contributed by atoms with E-state index in [0.717, 1.165) is 25.0 Å². The zero-order chi connectivity index (χ0) is 12.3. The predicted molar refractivity (Wildman–Crippen MR) is 67.1 cm³/mol. The minimum absolute atomic E-state index is 0.321. The number of hydrogen-bond acceptors (Lipinski definition) is 4. The van der Waals surface area contributed by atoms with Gasteiger partial charge in [-0.2, -0.15) is 0 Å². The Morgan fingerprint density at radius 1 is 1.41 bits per heavy atom. The smallest absolute Gasteiger partial charge is 0.408 e. The molecule has 0 saturated heterocycles. The van der Waals surface area contributed by atoms with Crippen LogP contribution in [0.5, 0.6) is 0 Å². The molecule has 3 N–H and O–H groups in total. The summed E-state index contributed by atoms with van der Waals surface area (Å²) in [6.45, 7) is 2.36. The highest BCUT2D eigenvalue weighted by Crippen LogP contribution is 2.14. The maximum Gasteiger partial charge on any atom is 0.419 e. The summed E-state index contributed by atoms with van der Waals surface area (Å²) in [4.78, 5) is 11.3. The molecular weight excluding hydrogens is 218 g/mol. The fraction of sp³-hybridized carbons (Fsp3) is 0.417. The Kier molecular flexibility index (Phi) is 3.61. The molecule has 0 atom stereocenters. The third kappa shape index (κ3) is 2.57. The van der Waals surface area contributed by atoms with Gasteiger partial charge in [0.1, 0.15) is 0 Å². The second kappa shape index (κ2) is 5.16. The molecule has 0 fully saturated rings. The van der Waals surface area contributed by atoms with Gasteiger partial charge in [-0.15, -0.1) is 0 Å². The highest BCUT2D eigenvalue weighted by molar-refractivity contribution is 5.73. The lowest BCUT2D eigenvalue weighted by atomic mass is 10.1. The maximum atomic E-state index is 11.3. The Hall–Kier alpha value is -1.59. The predicted octanol–water partition coefficient (Wildman–Crippen LogP) is 0.222. The lowest BCUT2D eigenvalue weighted by molar-refractivity contribution is 0.528. The van der Waals surface area contributed by atoms with Gasteiger partial charge in [0.15, 0.2) is 5.58 Å². The summed E-state index contributed by atoms with van der Waals surface area (Å²) in [5.41, 5.74) is 8.05. The third-order valence-electron chi connectivity index (χ3n) is 2.77. The van der Waals surface area contributed by atoms with E-state index in [1.807, 2.05) is 18.2 Å². The molecule has 17 heavy (non-hydrogen) atoms. The van der Waals surface area contributed by atoms with Crippen LogP contribution >= 0.6 is 0 Å². The summed E-state index contributed by atoms with van der Waals surface area (Å²) in [6.07, 6.45) is 0.912. The van der Waals surface area contributed by atoms with Gasteiger partial charge in [0.25, 0.3) is 0 Å². The molecule has 0 saturated carbocycles. The molecule has 2 rings (SSSR count). The number of fused-ring (bicyclic) bond motifs is 1. The molecule has 0 bridgehead atoms. The van der Waals surface area contributed by atoms with E-state index in [-0.39, 0.29) is 5.76 Å². The normalized spacial score (nSPS) is 11.2. The molecule has 1 aromatic heterocycles. The summed E-state index contributed by atoms with van der Waals surface area (Å²) in [5, 5.41) is 3.23. The van der Waals surface area contributed by atoms with Crippen LogP contribution in [-0.4, -0.2) is 24.2 Å². The van der Waals surface area contributed by atoms with Crippen molar-refractivity contribution in [2.75, 3.05) is 19.6 Å². The number of benzene rings is 1. The molecule has 1 heterocycles. The lowest BCUT2D eigenvalue weighted by Gasteiger charge is -2.03. The fourth-order valence-corrected chi connectivity index (χ4v) is 1.79. The maximum absolute atomic E-state index is 11.3. The van der Waals surface area contributed by atoms with Gasteiger partial charge in [0.2, 0.25) is 0 Å². The molecule has 0 spiro atoms. The first-order chi connectivity index (χ1) is 8.22. The second-order valence-corrected chi connectivity index (χ2v) is 4.02. The van der Waals surface area contributed by atoms with E-state index in [4.69, 9.17) is 10.2 Å². The number of nitrogens with zero attached hydrogens (tertiary/aromatic N) is 1. The quantitative estimate of drug-likeness (QED) is 0.727. The Morgan fingerprint density at radius 3 is 3.00 bits per heavy atom. The molecule has 0 unspecified atom stereocenters. The van der Waals surface area contributed by atoms with Gasteiger partial charge in [-0.25, -0.2) is 4.79 Å². The average molecular weight is 235 g/mol. The molecule has 0 aliphatic rings. The monoisotopic (exact) mass is 235 g/mol. The van der Waals surface area contributed by atoms with Crippen molar-refractivity contribution in [2.24, 2.45) is 12.8 Å². The number of oxazole rings is 1. The minimum Gasteiger partial charge on any atom is -0.408 e. The van der Waals surface area contributed by atoms with Crippen LogP contribution in [0.3, 0.4) is 0 Å². The molecule has 1 aromatic carbocycles. The van der Waals surface area contributed by atoms with Gasteiger partial charge in [0.05, 0.1) is 5.52 Å². The largest absolute Gasteiger partial charge is 0.419 e. The van der Waals surface area contributed by atoms with E-state index in [1.54, 1.807) is 7.05 Å². The molecule has 0 aliphatic carbocycles. The number of aryl methyl sites for hydroxylation is 1. The highest BCUT2D eigenvalue weighted by Gasteiger charge is 2.05. The Labute approximate surface area is 99.2 Å². The van der Waals surface area contributed by atoms with Crippen LogP contribution in [0.25, 0.3) is 11.1 Å². The molecule has 0 radical (unpaired) electrons. The van der Waals surface area contributed by atoms with E-state index >= 15 is 0 Å². The van der Waals surface area contributed by atoms with Crippen molar-refractivity contribution in [2.45, 2.75) is 6.42 Å². The Bertz CT molecular complexity index is 556. The molecule has 5 nitrogen and oxygen atoms in total. The van der Waals surface area contributed by atoms with Crippen LogP contribution in [0, 0.1) is 0 Å². The number of nitrogens with one attached hydrogen (secondary N) is 1. The van der Waals surface area contributed by atoms with Crippen molar-refractivity contribution in [1.82, 2.24) is 9.88 Å². The Morgan fingerprint density at radius 2 is 2.24 bits per heavy atom. The van der Waals surface area contributed by atoms with E-state index in [9.17, 15) is 4.79 Å². The average Bonchev–Trinajstić information content (AvgIpc) is 2.61. The minimum atomic E-state index is -0.321. The number of nitrogens with two attached hydrogens (primary N) is 1. The van der Waals surface area contributed by atoms with Crippen molar-refractivity contribution < 1.29 is 4.42 Å².